The lowest BCUT2D eigenvalue weighted by Gasteiger charge is -2.41. The number of carboxylic acid groups (broad SMARTS) is 1. The average Bonchev–Trinajstić information content (AvgIpc) is 2.26. The van der Waals surface area contributed by atoms with Gasteiger partial charge in [0.15, 0.2) is 0 Å². The van der Waals surface area contributed by atoms with Gasteiger partial charge in [-0.05, 0) is 46.6 Å². The highest BCUT2D eigenvalue weighted by atomic mass is 16.6. The maximum atomic E-state index is 11.9. The van der Waals surface area contributed by atoms with Gasteiger partial charge in [0.05, 0.1) is 0 Å². The Kier molecular flexibility index (Phi) is 5.21. The molecule has 20 heavy (non-hydrogen) atoms. The topological polar surface area (TPSA) is 105 Å². The number of nitrogens with zero attached hydrogens (tertiary/aromatic N) is 1. The molecule has 0 spiro atoms. The number of amides is 2. The third-order valence-electron chi connectivity index (χ3n) is 3.38. The molecule has 0 aromatic heterocycles. The van der Waals surface area contributed by atoms with Crippen molar-refractivity contribution in [2.24, 2.45) is 5.73 Å². The van der Waals surface area contributed by atoms with Gasteiger partial charge in [0.25, 0.3) is 0 Å². The van der Waals surface area contributed by atoms with Crippen molar-refractivity contribution in [1.29, 1.82) is 0 Å². The molecule has 0 atom stereocenters. The maximum absolute atomic E-state index is 11.9. The second-order valence-electron chi connectivity index (χ2n) is 6.22. The van der Waals surface area contributed by atoms with Crippen LogP contribution in [0, 0.1) is 0 Å². The van der Waals surface area contributed by atoms with Gasteiger partial charge in [0, 0.05) is 18.6 Å². The molecule has 0 aliphatic carbocycles. The molecular weight excluding hydrogens is 262 g/mol. The monoisotopic (exact) mass is 287 g/mol. The quantitative estimate of drug-likeness (QED) is 0.727. The van der Waals surface area contributed by atoms with Crippen molar-refractivity contribution in [2.45, 2.75) is 51.2 Å². The van der Waals surface area contributed by atoms with Crippen LogP contribution in [0.3, 0.4) is 0 Å². The number of hydrogen-bond acceptors (Lipinski definition) is 4. The number of likely N-dealkylation sites (tertiary alicyclic amines) is 1. The molecule has 1 aliphatic heterocycles. The van der Waals surface area contributed by atoms with E-state index in [1.165, 1.54) is 4.90 Å². The minimum absolute atomic E-state index is 0.394. The van der Waals surface area contributed by atoms with Crippen molar-refractivity contribution in [3.05, 3.63) is 0 Å². The Hall–Kier alpha value is -1.50. The van der Waals surface area contributed by atoms with Gasteiger partial charge >= 0.3 is 12.2 Å². The SMILES string of the molecule is CC(C)(C)OC(=O)NC1(CCN)CCN(C(=O)O)CC1. The first kappa shape index (κ1) is 16.6. The van der Waals surface area contributed by atoms with Crippen molar-refractivity contribution in [3.63, 3.8) is 0 Å². The molecule has 0 aromatic carbocycles. The Bertz CT molecular complexity index is 357. The molecule has 0 aromatic rings. The molecule has 116 valence electrons. The zero-order chi connectivity index (χ0) is 15.4. The zero-order valence-corrected chi connectivity index (χ0v) is 12.4. The molecule has 4 N–H and O–H groups in total. The lowest BCUT2D eigenvalue weighted by atomic mass is 9.84. The summed E-state index contributed by atoms with van der Waals surface area (Å²) >= 11 is 0. The van der Waals surface area contributed by atoms with Crippen molar-refractivity contribution >= 4 is 12.2 Å². The third-order valence-corrected chi connectivity index (χ3v) is 3.38. The summed E-state index contributed by atoms with van der Waals surface area (Å²) in [6.07, 6.45) is 0.309. The first-order chi connectivity index (χ1) is 9.17. The van der Waals surface area contributed by atoms with E-state index < -0.39 is 23.3 Å². The highest BCUT2D eigenvalue weighted by Gasteiger charge is 2.37. The summed E-state index contributed by atoms with van der Waals surface area (Å²) in [5.41, 5.74) is 4.59. The number of rotatable bonds is 3. The van der Waals surface area contributed by atoms with E-state index in [1.54, 1.807) is 20.8 Å². The van der Waals surface area contributed by atoms with Crippen molar-refractivity contribution < 1.29 is 19.4 Å². The van der Waals surface area contributed by atoms with Crippen molar-refractivity contribution in [3.8, 4) is 0 Å². The Labute approximate surface area is 119 Å². The number of piperidine rings is 1. The van der Waals surface area contributed by atoms with Crippen LogP contribution >= 0.6 is 0 Å². The minimum Gasteiger partial charge on any atom is -0.465 e. The van der Waals surface area contributed by atoms with Crippen molar-refractivity contribution in [1.82, 2.24) is 10.2 Å². The zero-order valence-electron chi connectivity index (χ0n) is 12.4. The molecule has 0 saturated carbocycles. The molecule has 1 aliphatic rings. The largest absolute Gasteiger partial charge is 0.465 e. The molecular formula is C13H25N3O4. The van der Waals surface area contributed by atoms with Crippen LogP contribution in [-0.4, -0.2) is 53.0 Å². The smallest absolute Gasteiger partial charge is 0.408 e. The summed E-state index contributed by atoms with van der Waals surface area (Å²) in [4.78, 5) is 24.2. The third kappa shape index (κ3) is 4.88. The molecule has 0 unspecified atom stereocenters. The van der Waals surface area contributed by atoms with E-state index in [-0.39, 0.29) is 0 Å². The van der Waals surface area contributed by atoms with Gasteiger partial charge in [-0.1, -0.05) is 0 Å². The first-order valence-corrected chi connectivity index (χ1v) is 6.87. The summed E-state index contributed by atoms with van der Waals surface area (Å²) in [6, 6.07) is 0. The number of ether oxygens (including phenoxy) is 1. The Morgan fingerprint density at radius 3 is 2.30 bits per heavy atom. The molecule has 1 heterocycles. The van der Waals surface area contributed by atoms with Gasteiger partial charge < -0.3 is 25.8 Å². The first-order valence-electron chi connectivity index (χ1n) is 6.87. The Balaban J connectivity index is 2.65. The molecule has 0 bridgehead atoms. The summed E-state index contributed by atoms with van der Waals surface area (Å²) in [5.74, 6) is 0. The number of alkyl carbamates (subject to hydrolysis) is 1. The van der Waals surface area contributed by atoms with Crippen LogP contribution in [0.2, 0.25) is 0 Å². The van der Waals surface area contributed by atoms with E-state index in [4.69, 9.17) is 15.6 Å². The van der Waals surface area contributed by atoms with Crippen LogP contribution in [0.5, 0.6) is 0 Å². The van der Waals surface area contributed by atoms with Crippen LogP contribution in [0.4, 0.5) is 9.59 Å². The maximum Gasteiger partial charge on any atom is 0.408 e. The number of nitrogens with two attached hydrogens (primary N) is 1. The predicted molar refractivity (Wildman–Crippen MR) is 74.6 cm³/mol. The second kappa shape index (κ2) is 6.30. The fraction of sp³-hybridized carbons (Fsp3) is 0.846. The van der Waals surface area contributed by atoms with Gasteiger partial charge in [-0.25, -0.2) is 9.59 Å². The number of nitrogens with one attached hydrogen (secondary N) is 1. The van der Waals surface area contributed by atoms with Crippen LogP contribution in [0.15, 0.2) is 0 Å². The van der Waals surface area contributed by atoms with Gasteiger partial charge in [0.2, 0.25) is 0 Å². The minimum atomic E-state index is -0.927. The number of carbonyl (C=O) groups is 2. The standard InChI is InChI=1S/C13H25N3O4/c1-12(2,3)20-10(17)15-13(4-7-14)5-8-16(9-6-13)11(18)19/h4-9,14H2,1-3H3,(H,15,17)(H,18,19). The van der Waals surface area contributed by atoms with Gasteiger partial charge in [-0.15, -0.1) is 0 Å². The summed E-state index contributed by atoms with van der Waals surface area (Å²) in [6.45, 7) is 6.62. The van der Waals surface area contributed by atoms with E-state index in [9.17, 15) is 9.59 Å². The molecule has 1 rings (SSSR count). The molecule has 0 radical (unpaired) electrons. The van der Waals surface area contributed by atoms with E-state index in [0.29, 0.717) is 38.9 Å². The summed E-state index contributed by atoms with van der Waals surface area (Å²) in [7, 11) is 0. The Morgan fingerprint density at radius 2 is 1.90 bits per heavy atom. The van der Waals surface area contributed by atoms with E-state index in [2.05, 4.69) is 5.32 Å². The molecule has 1 fully saturated rings. The normalized spacial score (nSPS) is 18.5. The predicted octanol–water partition coefficient (Wildman–Crippen LogP) is 1.37. The molecule has 1 saturated heterocycles. The van der Waals surface area contributed by atoms with Crippen molar-refractivity contribution in [2.75, 3.05) is 19.6 Å². The van der Waals surface area contributed by atoms with Gasteiger partial charge in [0.1, 0.15) is 5.60 Å². The lowest BCUT2D eigenvalue weighted by Crippen LogP contribution is -2.57. The molecule has 7 nitrogen and oxygen atoms in total. The van der Waals surface area contributed by atoms with Crippen LogP contribution < -0.4 is 11.1 Å². The summed E-state index contributed by atoms with van der Waals surface area (Å²) in [5, 5.41) is 11.9. The van der Waals surface area contributed by atoms with Crippen LogP contribution in [-0.2, 0) is 4.74 Å². The van der Waals surface area contributed by atoms with Crippen LogP contribution in [0.1, 0.15) is 40.0 Å². The number of carbonyl (C=O) groups excluding carboxylic acids is 1. The van der Waals surface area contributed by atoms with E-state index in [0.717, 1.165) is 0 Å². The average molecular weight is 287 g/mol. The van der Waals surface area contributed by atoms with Crippen LogP contribution in [0.25, 0.3) is 0 Å². The fourth-order valence-corrected chi connectivity index (χ4v) is 2.36. The second-order valence-corrected chi connectivity index (χ2v) is 6.22. The lowest BCUT2D eigenvalue weighted by molar-refractivity contribution is 0.0381. The number of hydrogen-bond donors (Lipinski definition) is 3. The molecule has 2 amide bonds. The van der Waals surface area contributed by atoms with Gasteiger partial charge in [-0.2, -0.15) is 0 Å². The Morgan fingerprint density at radius 1 is 1.35 bits per heavy atom. The highest BCUT2D eigenvalue weighted by molar-refractivity contribution is 5.69. The van der Waals surface area contributed by atoms with E-state index >= 15 is 0 Å². The summed E-state index contributed by atoms with van der Waals surface area (Å²) < 4.78 is 5.27. The van der Waals surface area contributed by atoms with Gasteiger partial charge in [-0.3, -0.25) is 0 Å². The molecule has 7 heteroatoms. The van der Waals surface area contributed by atoms with E-state index in [1.807, 2.05) is 0 Å². The fourth-order valence-electron chi connectivity index (χ4n) is 2.36. The highest BCUT2D eigenvalue weighted by Crippen LogP contribution is 2.26.